The van der Waals surface area contributed by atoms with Crippen molar-refractivity contribution in [2.24, 2.45) is 5.92 Å². The molecule has 1 atom stereocenters. The highest BCUT2D eigenvalue weighted by Gasteiger charge is 2.26. The molecule has 2 heterocycles. The minimum atomic E-state index is -0.316. The molecule has 0 spiro atoms. The fourth-order valence-corrected chi connectivity index (χ4v) is 4.10. The van der Waals surface area contributed by atoms with Gasteiger partial charge in [-0.15, -0.1) is 0 Å². The highest BCUT2D eigenvalue weighted by molar-refractivity contribution is 5.95. The van der Waals surface area contributed by atoms with E-state index in [1.165, 1.54) is 6.07 Å². The standard InChI is InChI=1S/C24H27FN2O4/c25-20-6-2-1-5-19(20)15-26-23(28)10-7-17-4-3-11-27(16-17)24(29)18-8-9-21-22(14-18)31-13-12-30-21/h1-2,5-6,8-9,14,17H,3-4,7,10-13,15-16H2,(H,26,28)/t17-/m0/s1. The third-order valence-corrected chi connectivity index (χ3v) is 5.81. The van der Waals surface area contributed by atoms with Gasteiger partial charge in [0.25, 0.3) is 5.91 Å². The minimum absolute atomic E-state index is 0.0225. The summed E-state index contributed by atoms with van der Waals surface area (Å²) in [6, 6.07) is 11.7. The molecule has 2 aliphatic heterocycles. The third-order valence-electron chi connectivity index (χ3n) is 5.81. The predicted molar refractivity (Wildman–Crippen MR) is 114 cm³/mol. The van der Waals surface area contributed by atoms with Gasteiger partial charge in [0, 0.05) is 37.2 Å². The smallest absolute Gasteiger partial charge is 0.254 e. The summed E-state index contributed by atoms with van der Waals surface area (Å²) in [4.78, 5) is 27.0. The van der Waals surface area contributed by atoms with E-state index >= 15 is 0 Å². The van der Waals surface area contributed by atoms with Gasteiger partial charge in [-0.1, -0.05) is 18.2 Å². The summed E-state index contributed by atoms with van der Waals surface area (Å²) >= 11 is 0. The van der Waals surface area contributed by atoms with Gasteiger partial charge in [-0.05, 0) is 49.4 Å². The number of carbonyl (C=O) groups is 2. The van der Waals surface area contributed by atoms with E-state index < -0.39 is 0 Å². The van der Waals surface area contributed by atoms with Crippen molar-refractivity contribution in [2.75, 3.05) is 26.3 Å². The number of nitrogens with one attached hydrogen (secondary N) is 1. The first-order chi connectivity index (χ1) is 15.1. The van der Waals surface area contributed by atoms with Crippen LogP contribution in [0.4, 0.5) is 4.39 Å². The van der Waals surface area contributed by atoms with Crippen molar-refractivity contribution >= 4 is 11.8 Å². The third kappa shape index (κ3) is 5.34. The summed E-state index contributed by atoms with van der Waals surface area (Å²) in [7, 11) is 0. The highest BCUT2D eigenvalue weighted by Crippen LogP contribution is 2.32. The van der Waals surface area contributed by atoms with Gasteiger partial charge in [-0.3, -0.25) is 9.59 Å². The number of hydrogen-bond acceptors (Lipinski definition) is 4. The number of carbonyl (C=O) groups excluding carboxylic acids is 2. The van der Waals surface area contributed by atoms with E-state index in [9.17, 15) is 14.0 Å². The Morgan fingerprint density at radius 1 is 1.10 bits per heavy atom. The molecule has 2 aromatic carbocycles. The molecule has 0 bridgehead atoms. The number of ether oxygens (including phenoxy) is 2. The molecule has 0 unspecified atom stereocenters. The first-order valence-corrected chi connectivity index (χ1v) is 10.8. The number of rotatable bonds is 6. The zero-order chi connectivity index (χ0) is 21.6. The van der Waals surface area contributed by atoms with Crippen molar-refractivity contribution in [2.45, 2.75) is 32.2 Å². The van der Waals surface area contributed by atoms with Crippen LogP contribution in [-0.2, 0) is 11.3 Å². The molecular weight excluding hydrogens is 399 g/mol. The number of nitrogens with zero attached hydrogens (tertiary/aromatic N) is 1. The van der Waals surface area contributed by atoms with Crippen molar-refractivity contribution in [1.29, 1.82) is 0 Å². The molecule has 164 valence electrons. The van der Waals surface area contributed by atoms with E-state index in [1.807, 2.05) is 4.90 Å². The Labute approximate surface area is 181 Å². The molecule has 0 aliphatic carbocycles. The number of piperidine rings is 1. The molecule has 2 aromatic rings. The summed E-state index contributed by atoms with van der Waals surface area (Å²) in [6.45, 7) is 2.53. The van der Waals surface area contributed by atoms with Crippen molar-refractivity contribution in [3.8, 4) is 11.5 Å². The molecule has 6 nitrogen and oxygen atoms in total. The van der Waals surface area contributed by atoms with Gasteiger partial charge in [0.2, 0.25) is 5.91 Å². The van der Waals surface area contributed by atoms with Crippen LogP contribution in [0.1, 0.15) is 41.6 Å². The minimum Gasteiger partial charge on any atom is -0.486 e. The Balaban J connectivity index is 1.27. The second kappa shape index (κ2) is 9.81. The molecule has 0 saturated carbocycles. The Hall–Kier alpha value is -3.09. The normalized spacial score (nSPS) is 17.8. The lowest BCUT2D eigenvalue weighted by atomic mass is 9.92. The van der Waals surface area contributed by atoms with Crippen LogP contribution < -0.4 is 14.8 Å². The van der Waals surface area contributed by atoms with E-state index in [0.717, 1.165) is 12.8 Å². The van der Waals surface area contributed by atoms with Crippen molar-refractivity contribution in [3.05, 3.63) is 59.4 Å². The summed E-state index contributed by atoms with van der Waals surface area (Å²) in [6.07, 6.45) is 2.97. The molecule has 1 fully saturated rings. The number of amides is 2. The molecule has 1 saturated heterocycles. The number of benzene rings is 2. The SMILES string of the molecule is O=C(CC[C@@H]1CCCN(C(=O)c2ccc3c(c2)OCCO3)C1)NCc1ccccc1F. The van der Waals surface area contributed by atoms with Crippen LogP contribution in [0.15, 0.2) is 42.5 Å². The second-order valence-corrected chi connectivity index (χ2v) is 8.02. The molecule has 0 radical (unpaired) electrons. The van der Waals surface area contributed by atoms with Gasteiger partial charge in [0.15, 0.2) is 11.5 Å². The van der Waals surface area contributed by atoms with Gasteiger partial charge >= 0.3 is 0 Å². The molecule has 31 heavy (non-hydrogen) atoms. The van der Waals surface area contributed by atoms with E-state index in [1.54, 1.807) is 36.4 Å². The van der Waals surface area contributed by atoms with Gasteiger partial charge in [-0.25, -0.2) is 4.39 Å². The first kappa shape index (κ1) is 21.2. The Bertz CT molecular complexity index is 949. The van der Waals surface area contributed by atoms with Crippen LogP contribution in [0.2, 0.25) is 0 Å². The summed E-state index contributed by atoms with van der Waals surface area (Å²) < 4.78 is 24.8. The zero-order valence-corrected chi connectivity index (χ0v) is 17.4. The van der Waals surface area contributed by atoms with Crippen molar-refractivity contribution in [3.63, 3.8) is 0 Å². The molecule has 7 heteroatoms. The molecule has 2 amide bonds. The molecule has 4 rings (SSSR count). The van der Waals surface area contributed by atoms with E-state index in [-0.39, 0.29) is 30.1 Å². The van der Waals surface area contributed by atoms with Crippen LogP contribution in [-0.4, -0.2) is 43.0 Å². The van der Waals surface area contributed by atoms with E-state index in [4.69, 9.17) is 9.47 Å². The number of likely N-dealkylation sites (tertiary alicyclic amines) is 1. The molecular formula is C24H27FN2O4. The van der Waals surface area contributed by atoms with Crippen LogP contribution in [0, 0.1) is 11.7 Å². The average Bonchev–Trinajstić information content (AvgIpc) is 2.81. The second-order valence-electron chi connectivity index (χ2n) is 8.02. The quantitative estimate of drug-likeness (QED) is 0.767. The monoisotopic (exact) mass is 426 g/mol. The highest BCUT2D eigenvalue weighted by atomic mass is 19.1. The lowest BCUT2D eigenvalue weighted by Crippen LogP contribution is -2.40. The van der Waals surface area contributed by atoms with Crippen molar-refractivity contribution in [1.82, 2.24) is 10.2 Å². The maximum Gasteiger partial charge on any atom is 0.254 e. The molecule has 1 N–H and O–H groups in total. The van der Waals surface area contributed by atoms with E-state index in [0.29, 0.717) is 61.8 Å². The fourth-order valence-electron chi connectivity index (χ4n) is 4.10. The largest absolute Gasteiger partial charge is 0.486 e. The van der Waals surface area contributed by atoms with Crippen LogP contribution in [0.3, 0.4) is 0 Å². The van der Waals surface area contributed by atoms with Gasteiger partial charge in [0.1, 0.15) is 19.0 Å². The van der Waals surface area contributed by atoms with Crippen LogP contribution in [0.25, 0.3) is 0 Å². The van der Waals surface area contributed by atoms with Gasteiger partial charge in [-0.2, -0.15) is 0 Å². The Morgan fingerprint density at radius 3 is 2.74 bits per heavy atom. The lowest BCUT2D eigenvalue weighted by molar-refractivity contribution is -0.121. The van der Waals surface area contributed by atoms with Crippen LogP contribution >= 0.6 is 0 Å². The number of hydrogen-bond donors (Lipinski definition) is 1. The van der Waals surface area contributed by atoms with Gasteiger partial charge < -0.3 is 19.7 Å². The number of fused-ring (bicyclic) bond motifs is 1. The topological polar surface area (TPSA) is 67.9 Å². The van der Waals surface area contributed by atoms with E-state index in [2.05, 4.69) is 5.32 Å². The predicted octanol–water partition coefficient (Wildman–Crippen LogP) is 3.55. The van der Waals surface area contributed by atoms with Crippen LogP contribution in [0.5, 0.6) is 11.5 Å². The summed E-state index contributed by atoms with van der Waals surface area (Å²) in [5, 5.41) is 2.78. The first-order valence-electron chi connectivity index (χ1n) is 10.8. The maximum absolute atomic E-state index is 13.7. The van der Waals surface area contributed by atoms with Crippen molar-refractivity contribution < 1.29 is 23.5 Å². The zero-order valence-electron chi connectivity index (χ0n) is 17.4. The Morgan fingerprint density at radius 2 is 1.90 bits per heavy atom. The summed E-state index contributed by atoms with van der Waals surface area (Å²) in [5.41, 5.74) is 1.07. The molecule has 0 aromatic heterocycles. The number of halogens is 1. The maximum atomic E-state index is 13.7. The lowest BCUT2D eigenvalue weighted by Gasteiger charge is -2.33. The average molecular weight is 426 g/mol. The molecule has 2 aliphatic rings. The fraction of sp³-hybridized carbons (Fsp3) is 0.417. The summed E-state index contributed by atoms with van der Waals surface area (Å²) in [5.74, 6) is 1.11. The Kier molecular flexibility index (Phi) is 6.70. The van der Waals surface area contributed by atoms with Gasteiger partial charge in [0.05, 0.1) is 0 Å².